The van der Waals surface area contributed by atoms with Gasteiger partial charge in [0.2, 0.25) is 0 Å². The molecule has 0 spiro atoms. The van der Waals surface area contributed by atoms with Crippen LogP contribution in [0, 0.1) is 16.7 Å². The molecule has 2 rings (SSSR count). The molecule has 2 unspecified atom stereocenters. The minimum Gasteiger partial charge on any atom is -0.457 e. The molecule has 2 N–H and O–H groups in total. The number of anilines is 1. The van der Waals surface area contributed by atoms with Gasteiger partial charge < -0.3 is 15.2 Å². The Balaban J connectivity index is 2.34. The lowest BCUT2D eigenvalue weighted by molar-refractivity contribution is -0.144. The molecule has 0 saturated carbocycles. The third-order valence-electron chi connectivity index (χ3n) is 4.01. The van der Waals surface area contributed by atoms with Crippen molar-refractivity contribution in [2.75, 3.05) is 12.3 Å². The zero-order valence-corrected chi connectivity index (χ0v) is 14.8. The molecule has 7 nitrogen and oxygen atoms in total. The van der Waals surface area contributed by atoms with E-state index in [9.17, 15) is 10.1 Å². The molecule has 0 fully saturated rings. The summed E-state index contributed by atoms with van der Waals surface area (Å²) in [7, 11) is 0. The molecule has 0 aliphatic heterocycles. The highest BCUT2D eigenvalue weighted by Gasteiger charge is 2.30. The van der Waals surface area contributed by atoms with Gasteiger partial charge in [0.05, 0.1) is 11.5 Å². The molecule has 1 aromatic carbocycles. The van der Waals surface area contributed by atoms with Crippen LogP contribution in [-0.4, -0.2) is 23.0 Å². The smallest absolute Gasteiger partial charge is 0.293 e. The van der Waals surface area contributed by atoms with Crippen LogP contribution in [0.5, 0.6) is 0 Å². The fourth-order valence-electron chi connectivity index (χ4n) is 2.43. The Bertz CT molecular complexity index is 759. The van der Waals surface area contributed by atoms with Crippen molar-refractivity contribution in [3.8, 4) is 6.07 Å². The number of nitrogens with zero attached hydrogens (tertiary/aromatic N) is 3. The van der Waals surface area contributed by atoms with E-state index in [-0.39, 0.29) is 12.4 Å². The van der Waals surface area contributed by atoms with Gasteiger partial charge in [-0.05, 0) is 25.8 Å². The van der Waals surface area contributed by atoms with Crippen molar-refractivity contribution < 1.29 is 14.3 Å². The predicted molar refractivity (Wildman–Crippen MR) is 95.5 cm³/mol. The zero-order valence-electron chi connectivity index (χ0n) is 14.8. The van der Waals surface area contributed by atoms with Crippen molar-refractivity contribution >= 4 is 12.3 Å². The van der Waals surface area contributed by atoms with E-state index in [1.807, 2.05) is 44.2 Å². The molecule has 0 radical (unpaired) electrons. The molecule has 1 heterocycles. The summed E-state index contributed by atoms with van der Waals surface area (Å²) in [5.74, 6) is 0.250. The molecule has 2 aromatic rings. The van der Waals surface area contributed by atoms with Gasteiger partial charge in [-0.3, -0.25) is 4.79 Å². The van der Waals surface area contributed by atoms with E-state index in [0.717, 1.165) is 5.56 Å². The maximum atomic E-state index is 11.1. The number of carbonyl (C=O) groups excluding carboxylic acids is 1. The maximum absolute atomic E-state index is 11.1. The predicted octanol–water partition coefficient (Wildman–Crippen LogP) is 2.97. The largest absolute Gasteiger partial charge is 0.457 e. The molecule has 0 amide bonds. The summed E-state index contributed by atoms with van der Waals surface area (Å²) in [6.07, 6.45) is 1.99. The van der Waals surface area contributed by atoms with E-state index in [4.69, 9.17) is 15.2 Å². The number of benzene rings is 1. The normalized spacial score (nSPS) is 13.4. The second kappa shape index (κ2) is 8.92. The Morgan fingerprint density at radius 1 is 1.31 bits per heavy atom. The third-order valence-corrected chi connectivity index (χ3v) is 4.01. The Morgan fingerprint density at radius 3 is 2.65 bits per heavy atom. The van der Waals surface area contributed by atoms with E-state index in [0.29, 0.717) is 18.5 Å². The highest BCUT2D eigenvalue weighted by molar-refractivity contribution is 5.43. The van der Waals surface area contributed by atoms with Crippen molar-refractivity contribution in [2.45, 2.75) is 32.5 Å². The van der Waals surface area contributed by atoms with Crippen LogP contribution in [0.4, 0.5) is 5.82 Å². The average Bonchev–Trinajstić information content (AvgIpc) is 2.65. The second-order valence-corrected chi connectivity index (χ2v) is 6.46. The molecule has 7 heteroatoms. The molecule has 0 aliphatic carbocycles. The van der Waals surface area contributed by atoms with Gasteiger partial charge in [0.25, 0.3) is 6.47 Å². The Kier molecular flexibility index (Phi) is 6.64. The van der Waals surface area contributed by atoms with Crippen molar-refractivity contribution in [1.82, 2.24) is 9.97 Å². The van der Waals surface area contributed by atoms with Crippen LogP contribution >= 0.6 is 0 Å². The van der Waals surface area contributed by atoms with Gasteiger partial charge in [-0.1, -0.05) is 30.3 Å². The topological polar surface area (TPSA) is 111 Å². The number of rotatable bonds is 9. The minimum absolute atomic E-state index is 0.250. The first-order valence-electron chi connectivity index (χ1n) is 8.21. The number of hydrogen-bond acceptors (Lipinski definition) is 7. The van der Waals surface area contributed by atoms with Crippen LogP contribution in [0.1, 0.15) is 43.6 Å². The summed E-state index contributed by atoms with van der Waals surface area (Å²) < 4.78 is 11.3. The average molecular weight is 354 g/mol. The monoisotopic (exact) mass is 354 g/mol. The fraction of sp³-hybridized carbons (Fsp3) is 0.368. The van der Waals surface area contributed by atoms with Gasteiger partial charge in [-0.25, -0.2) is 9.97 Å². The van der Waals surface area contributed by atoms with Gasteiger partial charge in [0.15, 0.2) is 6.10 Å². The van der Waals surface area contributed by atoms with Crippen molar-refractivity contribution in [3.63, 3.8) is 0 Å². The van der Waals surface area contributed by atoms with Crippen LogP contribution in [0.2, 0.25) is 0 Å². The lowest BCUT2D eigenvalue weighted by Crippen LogP contribution is -2.21. The number of aromatic nitrogens is 2. The summed E-state index contributed by atoms with van der Waals surface area (Å²) in [6.45, 7) is 4.34. The van der Waals surface area contributed by atoms with Crippen LogP contribution < -0.4 is 5.73 Å². The lowest BCUT2D eigenvalue weighted by Gasteiger charge is -2.28. The molecule has 1 aromatic heterocycles. The van der Waals surface area contributed by atoms with E-state index >= 15 is 0 Å². The van der Waals surface area contributed by atoms with E-state index in [1.54, 1.807) is 6.20 Å². The number of carbonyl (C=O) groups is 1. The maximum Gasteiger partial charge on any atom is 0.293 e. The molecular formula is C19H22N4O3. The highest BCUT2D eigenvalue weighted by Crippen LogP contribution is 2.37. The van der Waals surface area contributed by atoms with E-state index < -0.39 is 17.6 Å². The summed E-state index contributed by atoms with van der Waals surface area (Å²) >= 11 is 0. The first kappa shape index (κ1) is 19.3. The van der Waals surface area contributed by atoms with Gasteiger partial charge in [-0.2, -0.15) is 5.26 Å². The van der Waals surface area contributed by atoms with Gasteiger partial charge in [0, 0.05) is 18.4 Å². The fourth-order valence-corrected chi connectivity index (χ4v) is 2.43. The standard InChI is InChI=1S/C19H22N4O3/c1-19(2,11-20)8-9-25-17(15-10-22-12-23-18(15)21)16(26-13-24)14-6-4-3-5-7-14/h3-7,10,12-13,16-17H,8-9H2,1-2H3,(H2,21,22,23). The number of nitrogens with two attached hydrogens (primary N) is 1. The highest BCUT2D eigenvalue weighted by atomic mass is 16.6. The van der Waals surface area contributed by atoms with Gasteiger partial charge >= 0.3 is 0 Å². The van der Waals surface area contributed by atoms with Gasteiger partial charge in [-0.15, -0.1) is 0 Å². The van der Waals surface area contributed by atoms with Crippen molar-refractivity contribution in [2.24, 2.45) is 5.41 Å². The van der Waals surface area contributed by atoms with Crippen LogP contribution in [-0.2, 0) is 14.3 Å². The molecule has 2 atom stereocenters. The summed E-state index contributed by atoms with van der Waals surface area (Å²) in [4.78, 5) is 19.1. The summed E-state index contributed by atoms with van der Waals surface area (Å²) in [5, 5.41) is 9.18. The first-order chi connectivity index (χ1) is 12.5. The molecule has 26 heavy (non-hydrogen) atoms. The van der Waals surface area contributed by atoms with Gasteiger partial charge in [0.1, 0.15) is 18.2 Å². The SMILES string of the molecule is CC(C)(C#N)CCOC(c1cncnc1N)C(OC=O)c1ccccc1. The molecule has 0 bridgehead atoms. The summed E-state index contributed by atoms with van der Waals surface area (Å²) in [5.41, 5.74) is 6.74. The number of hydrogen-bond donors (Lipinski definition) is 1. The molecule has 0 saturated heterocycles. The van der Waals surface area contributed by atoms with Crippen LogP contribution in [0.3, 0.4) is 0 Å². The lowest BCUT2D eigenvalue weighted by atomic mass is 9.92. The molecular weight excluding hydrogens is 332 g/mol. The van der Waals surface area contributed by atoms with Crippen LogP contribution in [0.15, 0.2) is 42.9 Å². The Labute approximate surface area is 152 Å². The zero-order chi connectivity index (χ0) is 19.0. The quantitative estimate of drug-likeness (QED) is 0.689. The minimum atomic E-state index is -0.716. The summed E-state index contributed by atoms with van der Waals surface area (Å²) in [6, 6.07) is 11.5. The number of ether oxygens (including phenoxy) is 2. The Hall–Kier alpha value is -2.98. The first-order valence-corrected chi connectivity index (χ1v) is 8.21. The Morgan fingerprint density at radius 2 is 2.04 bits per heavy atom. The van der Waals surface area contributed by atoms with Crippen molar-refractivity contribution in [1.29, 1.82) is 5.26 Å². The van der Waals surface area contributed by atoms with Crippen LogP contribution in [0.25, 0.3) is 0 Å². The number of nitriles is 1. The number of nitrogen functional groups attached to an aromatic ring is 1. The molecule has 136 valence electrons. The van der Waals surface area contributed by atoms with Crippen molar-refractivity contribution in [3.05, 3.63) is 54.0 Å². The van der Waals surface area contributed by atoms with E-state index in [1.165, 1.54) is 6.33 Å². The third kappa shape index (κ3) is 5.01. The second-order valence-electron chi connectivity index (χ2n) is 6.46. The molecule has 0 aliphatic rings. The van der Waals surface area contributed by atoms with E-state index in [2.05, 4.69) is 16.0 Å².